The predicted octanol–water partition coefficient (Wildman–Crippen LogP) is 2.19. The van der Waals surface area contributed by atoms with Crippen LogP contribution in [-0.2, 0) is 9.59 Å². The van der Waals surface area contributed by atoms with E-state index in [1.54, 1.807) is 6.92 Å². The number of nitrogens with one attached hydrogen (secondary N) is 3. The third-order valence-corrected chi connectivity index (χ3v) is 5.37. The Morgan fingerprint density at radius 3 is 2.59 bits per heavy atom. The lowest BCUT2D eigenvalue weighted by atomic mass is 10.2. The van der Waals surface area contributed by atoms with Crippen LogP contribution in [0, 0.1) is 12.8 Å². The number of hydrogen-bond donors (Lipinski definition) is 3. The standard InChI is InChI=1S/C19H22N4O3S/c1-12-16(27-19(21-12)14-6-3-2-4-7-14)18(26)23-22-15(24)8-5-11-20-17(25)13-9-10-13/h2-4,6-7,13H,5,8-11H2,1H3,(H,20,25)(H,22,24)(H,23,26). The Kier molecular flexibility index (Phi) is 6.18. The number of carbonyl (C=O) groups is 3. The molecule has 1 heterocycles. The Morgan fingerprint density at radius 2 is 1.89 bits per heavy atom. The van der Waals surface area contributed by atoms with Gasteiger partial charge < -0.3 is 5.32 Å². The molecular formula is C19H22N4O3S. The van der Waals surface area contributed by atoms with Gasteiger partial charge in [0.1, 0.15) is 9.88 Å². The van der Waals surface area contributed by atoms with E-state index in [1.807, 2.05) is 30.3 Å². The lowest BCUT2D eigenvalue weighted by Gasteiger charge is -2.07. The topological polar surface area (TPSA) is 100 Å². The van der Waals surface area contributed by atoms with Crippen molar-refractivity contribution in [1.82, 2.24) is 21.2 Å². The van der Waals surface area contributed by atoms with Crippen molar-refractivity contribution >= 4 is 29.1 Å². The molecule has 0 saturated heterocycles. The summed E-state index contributed by atoms with van der Waals surface area (Å²) < 4.78 is 0. The molecule has 1 aliphatic carbocycles. The zero-order valence-electron chi connectivity index (χ0n) is 15.1. The summed E-state index contributed by atoms with van der Waals surface area (Å²) in [5.74, 6) is -0.447. The second-order valence-electron chi connectivity index (χ2n) is 6.47. The molecule has 3 rings (SSSR count). The highest BCUT2D eigenvalue weighted by Gasteiger charge is 2.29. The molecule has 0 aliphatic heterocycles. The average molecular weight is 386 g/mol. The first kappa shape index (κ1) is 19.0. The fraction of sp³-hybridized carbons (Fsp3) is 0.368. The number of benzene rings is 1. The van der Waals surface area contributed by atoms with Crippen molar-refractivity contribution in [2.45, 2.75) is 32.6 Å². The van der Waals surface area contributed by atoms with Gasteiger partial charge in [-0.15, -0.1) is 11.3 Å². The lowest BCUT2D eigenvalue weighted by molar-refractivity contribution is -0.123. The van der Waals surface area contributed by atoms with Crippen LogP contribution in [0.1, 0.15) is 41.0 Å². The first-order valence-corrected chi connectivity index (χ1v) is 9.76. The van der Waals surface area contributed by atoms with Gasteiger partial charge in [0.05, 0.1) is 5.69 Å². The minimum Gasteiger partial charge on any atom is -0.356 e. The van der Waals surface area contributed by atoms with E-state index in [9.17, 15) is 14.4 Å². The largest absolute Gasteiger partial charge is 0.356 e. The van der Waals surface area contributed by atoms with Crippen LogP contribution in [0.5, 0.6) is 0 Å². The van der Waals surface area contributed by atoms with E-state index in [1.165, 1.54) is 11.3 Å². The summed E-state index contributed by atoms with van der Waals surface area (Å²) in [6.45, 7) is 2.23. The van der Waals surface area contributed by atoms with Crippen LogP contribution < -0.4 is 16.2 Å². The number of aryl methyl sites for hydroxylation is 1. The van der Waals surface area contributed by atoms with Crippen molar-refractivity contribution in [2.75, 3.05) is 6.54 Å². The Morgan fingerprint density at radius 1 is 1.15 bits per heavy atom. The van der Waals surface area contributed by atoms with Gasteiger partial charge in [0.2, 0.25) is 11.8 Å². The smallest absolute Gasteiger partial charge is 0.281 e. The number of thiazole rings is 1. The third kappa shape index (κ3) is 5.37. The van der Waals surface area contributed by atoms with Crippen molar-refractivity contribution in [1.29, 1.82) is 0 Å². The van der Waals surface area contributed by atoms with Crippen molar-refractivity contribution in [2.24, 2.45) is 5.92 Å². The van der Waals surface area contributed by atoms with Gasteiger partial charge in [-0.05, 0) is 26.2 Å². The van der Waals surface area contributed by atoms with Crippen molar-refractivity contribution < 1.29 is 14.4 Å². The molecule has 7 nitrogen and oxygen atoms in total. The summed E-state index contributed by atoms with van der Waals surface area (Å²) in [7, 11) is 0. The fourth-order valence-electron chi connectivity index (χ4n) is 2.51. The summed E-state index contributed by atoms with van der Waals surface area (Å²) in [5, 5.41) is 3.56. The van der Waals surface area contributed by atoms with Crippen LogP contribution in [0.3, 0.4) is 0 Å². The molecule has 1 aliphatic rings. The molecule has 0 radical (unpaired) electrons. The Balaban J connectivity index is 1.42. The summed E-state index contributed by atoms with van der Waals surface area (Å²) in [5.41, 5.74) is 6.40. The molecule has 0 atom stereocenters. The molecule has 3 amide bonds. The summed E-state index contributed by atoms with van der Waals surface area (Å²) in [6, 6.07) is 9.62. The molecule has 1 aromatic carbocycles. The number of amides is 3. The van der Waals surface area contributed by atoms with Crippen molar-refractivity contribution in [3.8, 4) is 10.6 Å². The van der Waals surface area contributed by atoms with E-state index in [0.29, 0.717) is 23.5 Å². The molecule has 142 valence electrons. The highest BCUT2D eigenvalue weighted by Crippen LogP contribution is 2.28. The molecule has 0 bridgehead atoms. The number of hydrogen-bond acceptors (Lipinski definition) is 5. The van der Waals surface area contributed by atoms with E-state index < -0.39 is 0 Å². The summed E-state index contributed by atoms with van der Waals surface area (Å²) in [6.07, 6.45) is 2.67. The molecule has 1 saturated carbocycles. The van der Waals surface area contributed by atoms with E-state index in [-0.39, 0.29) is 30.1 Å². The van der Waals surface area contributed by atoms with Gasteiger partial charge in [-0.25, -0.2) is 4.98 Å². The van der Waals surface area contributed by atoms with Crippen LogP contribution >= 0.6 is 11.3 Å². The normalized spacial score (nSPS) is 13.1. The predicted molar refractivity (Wildman–Crippen MR) is 103 cm³/mol. The molecule has 2 aromatic rings. The van der Waals surface area contributed by atoms with Gasteiger partial charge in [-0.1, -0.05) is 30.3 Å². The maximum absolute atomic E-state index is 12.3. The molecular weight excluding hydrogens is 364 g/mol. The van der Waals surface area contributed by atoms with Crippen molar-refractivity contribution in [3.05, 3.63) is 40.9 Å². The molecule has 3 N–H and O–H groups in total. The molecule has 1 fully saturated rings. The van der Waals surface area contributed by atoms with Gasteiger partial charge in [0, 0.05) is 24.4 Å². The van der Waals surface area contributed by atoms with Crippen LogP contribution in [0.2, 0.25) is 0 Å². The Hall–Kier alpha value is -2.74. The van der Waals surface area contributed by atoms with Crippen LogP contribution in [-0.4, -0.2) is 29.3 Å². The number of rotatable bonds is 7. The van der Waals surface area contributed by atoms with Crippen LogP contribution in [0.4, 0.5) is 0 Å². The SMILES string of the molecule is Cc1nc(-c2ccccc2)sc1C(=O)NNC(=O)CCCNC(=O)C1CC1. The monoisotopic (exact) mass is 386 g/mol. The second-order valence-corrected chi connectivity index (χ2v) is 7.47. The quantitative estimate of drug-likeness (QED) is 0.502. The molecule has 0 unspecified atom stereocenters. The molecule has 8 heteroatoms. The fourth-order valence-corrected chi connectivity index (χ4v) is 3.47. The van der Waals surface area contributed by atoms with Gasteiger partial charge in [-0.3, -0.25) is 25.2 Å². The van der Waals surface area contributed by atoms with E-state index >= 15 is 0 Å². The van der Waals surface area contributed by atoms with Crippen LogP contribution in [0.15, 0.2) is 30.3 Å². The minimum absolute atomic E-state index is 0.0681. The van der Waals surface area contributed by atoms with Crippen molar-refractivity contribution in [3.63, 3.8) is 0 Å². The number of nitrogens with zero attached hydrogens (tertiary/aromatic N) is 1. The molecule has 1 aromatic heterocycles. The third-order valence-electron chi connectivity index (χ3n) is 4.17. The first-order valence-electron chi connectivity index (χ1n) is 8.94. The number of carbonyl (C=O) groups excluding carboxylic acids is 3. The highest BCUT2D eigenvalue weighted by molar-refractivity contribution is 7.17. The van der Waals surface area contributed by atoms with E-state index in [0.717, 1.165) is 23.4 Å². The Labute approximate surface area is 161 Å². The summed E-state index contributed by atoms with van der Waals surface area (Å²) >= 11 is 1.28. The second kappa shape index (κ2) is 8.77. The first-order chi connectivity index (χ1) is 13.0. The van der Waals surface area contributed by atoms with Gasteiger partial charge >= 0.3 is 0 Å². The van der Waals surface area contributed by atoms with Gasteiger partial charge in [0.15, 0.2) is 0 Å². The number of hydrazine groups is 1. The average Bonchev–Trinajstić information content (AvgIpc) is 3.46. The maximum atomic E-state index is 12.3. The van der Waals surface area contributed by atoms with E-state index in [4.69, 9.17) is 0 Å². The zero-order chi connectivity index (χ0) is 19.2. The Bertz CT molecular complexity index is 831. The van der Waals surface area contributed by atoms with Gasteiger partial charge in [-0.2, -0.15) is 0 Å². The van der Waals surface area contributed by atoms with Crippen LogP contribution in [0.25, 0.3) is 10.6 Å². The number of aromatic nitrogens is 1. The lowest BCUT2D eigenvalue weighted by Crippen LogP contribution is -2.41. The molecule has 0 spiro atoms. The highest BCUT2D eigenvalue weighted by atomic mass is 32.1. The zero-order valence-corrected chi connectivity index (χ0v) is 15.9. The summed E-state index contributed by atoms with van der Waals surface area (Å²) in [4.78, 5) is 40.5. The maximum Gasteiger partial charge on any atom is 0.281 e. The minimum atomic E-state index is -0.387. The van der Waals surface area contributed by atoms with Gasteiger partial charge in [0.25, 0.3) is 5.91 Å². The molecule has 27 heavy (non-hydrogen) atoms. The van der Waals surface area contributed by atoms with E-state index in [2.05, 4.69) is 21.2 Å².